The zero-order chi connectivity index (χ0) is 19.7. The third kappa shape index (κ3) is 3.37. The Morgan fingerprint density at radius 2 is 1.57 bits per heavy atom. The summed E-state index contributed by atoms with van der Waals surface area (Å²) in [5.74, 6) is 0.590. The molecule has 1 atom stereocenters. The maximum atomic E-state index is 13.4. The molecule has 0 fully saturated rings. The Bertz CT molecular complexity index is 936. The van der Waals surface area contributed by atoms with Gasteiger partial charge in [-0.05, 0) is 67.0 Å². The minimum atomic E-state index is 0.0409. The smallest absolute Gasteiger partial charge is 0.279 e. The summed E-state index contributed by atoms with van der Waals surface area (Å²) in [5.41, 5.74) is 7.41. The molecule has 1 aliphatic carbocycles. The van der Waals surface area contributed by atoms with Crippen molar-refractivity contribution in [2.75, 3.05) is 10.2 Å². The SMILES string of the molecule is CCc1ccc(NC2=C3C[C@H](C)CC=C3N(c3ccc(CC)cc3)C2=O)cc1. The summed E-state index contributed by atoms with van der Waals surface area (Å²) in [4.78, 5) is 15.3. The van der Waals surface area contributed by atoms with Crippen LogP contribution in [0.15, 0.2) is 71.6 Å². The minimum Gasteiger partial charge on any atom is -0.351 e. The number of anilines is 2. The summed E-state index contributed by atoms with van der Waals surface area (Å²) in [6, 6.07) is 16.7. The lowest BCUT2D eigenvalue weighted by Gasteiger charge is -2.24. The van der Waals surface area contributed by atoms with E-state index >= 15 is 0 Å². The van der Waals surface area contributed by atoms with Gasteiger partial charge < -0.3 is 5.32 Å². The van der Waals surface area contributed by atoms with E-state index in [2.05, 4.69) is 80.7 Å². The Hall–Kier alpha value is -2.81. The number of fused-ring (bicyclic) bond motifs is 1. The van der Waals surface area contributed by atoms with Crippen LogP contribution in [0, 0.1) is 5.92 Å². The van der Waals surface area contributed by atoms with Crippen LogP contribution in [0.4, 0.5) is 11.4 Å². The van der Waals surface area contributed by atoms with Crippen LogP contribution < -0.4 is 10.2 Å². The first-order chi connectivity index (χ1) is 13.6. The number of hydrogen-bond acceptors (Lipinski definition) is 2. The maximum Gasteiger partial charge on any atom is 0.279 e. The number of aryl methyl sites for hydroxylation is 2. The molecule has 2 aromatic carbocycles. The number of allylic oxidation sites excluding steroid dienone is 2. The summed E-state index contributed by atoms with van der Waals surface area (Å²) in [6.45, 7) is 6.54. The van der Waals surface area contributed by atoms with Crippen molar-refractivity contribution in [2.24, 2.45) is 5.92 Å². The first kappa shape index (κ1) is 18.5. The molecule has 144 valence electrons. The van der Waals surface area contributed by atoms with Gasteiger partial charge in [-0.25, -0.2) is 0 Å². The van der Waals surface area contributed by atoms with Gasteiger partial charge in [0.1, 0.15) is 5.70 Å². The lowest BCUT2D eigenvalue weighted by Crippen LogP contribution is -2.27. The van der Waals surface area contributed by atoms with Crippen molar-refractivity contribution < 1.29 is 4.79 Å². The molecule has 1 heterocycles. The quantitative estimate of drug-likeness (QED) is 0.715. The van der Waals surface area contributed by atoms with Crippen LogP contribution in [-0.2, 0) is 17.6 Å². The summed E-state index contributed by atoms with van der Waals surface area (Å²) < 4.78 is 0. The predicted molar refractivity (Wildman–Crippen MR) is 116 cm³/mol. The minimum absolute atomic E-state index is 0.0409. The second-order valence-electron chi connectivity index (χ2n) is 7.82. The van der Waals surface area contributed by atoms with E-state index in [0.29, 0.717) is 5.92 Å². The molecule has 0 unspecified atom stereocenters. The van der Waals surface area contributed by atoms with Gasteiger partial charge in [0.15, 0.2) is 0 Å². The first-order valence-corrected chi connectivity index (χ1v) is 10.3. The van der Waals surface area contributed by atoms with Gasteiger partial charge in [-0.3, -0.25) is 9.69 Å². The van der Waals surface area contributed by atoms with E-state index < -0.39 is 0 Å². The molecule has 0 saturated carbocycles. The Morgan fingerprint density at radius 1 is 0.964 bits per heavy atom. The lowest BCUT2D eigenvalue weighted by molar-refractivity contribution is -0.114. The molecule has 0 saturated heterocycles. The molecular formula is C25H28N2O. The molecule has 0 spiro atoms. The Morgan fingerprint density at radius 3 is 2.18 bits per heavy atom. The Balaban J connectivity index is 1.69. The molecule has 28 heavy (non-hydrogen) atoms. The van der Waals surface area contributed by atoms with E-state index in [1.807, 2.05) is 4.90 Å². The van der Waals surface area contributed by atoms with Crippen molar-refractivity contribution in [3.8, 4) is 0 Å². The third-order valence-electron chi connectivity index (χ3n) is 5.77. The van der Waals surface area contributed by atoms with Crippen LogP contribution >= 0.6 is 0 Å². The summed E-state index contributed by atoms with van der Waals surface area (Å²) in [7, 11) is 0. The predicted octanol–water partition coefficient (Wildman–Crippen LogP) is 5.84. The number of benzene rings is 2. The largest absolute Gasteiger partial charge is 0.351 e. The van der Waals surface area contributed by atoms with Gasteiger partial charge in [-0.1, -0.05) is 51.1 Å². The summed E-state index contributed by atoms with van der Waals surface area (Å²) >= 11 is 0. The highest BCUT2D eigenvalue weighted by atomic mass is 16.2. The third-order valence-corrected chi connectivity index (χ3v) is 5.77. The summed E-state index contributed by atoms with van der Waals surface area (Å²) in [5, 5.41) is 3.43. The fourth-order valence-corrected chi connectivity index (χ4v) is 4.01. The molecular weight excluding hydrogens is 344 g/mol. The fraction of sp³-hybridized carbons (Fsp3) is 0.320. The molecule has 2 aromatic rings. The summed E-state index contributed by atoms with van der Waals surface area (Å²) in [6.07, 6.45) is 6.17. The Kier molecular flexibility index (Phi) is 5.08. The van der Waals surface area contributed by atoms with Gasteiger partial charge in [-0.15, -0.1) is 0 Å². The maximum absolute atomic E-state index is 13.4. The van der Waals surface area contributed by atoms with Crippen molar-refractivity contribution >= 4 is 17.3 Å². The molecule has 0 bridgehead atoms. The number of carbonyl (C=O) groups is 1. The second kappa shape index (κ2) is 7.67. The van der Waals surface area contributed by atoms with Gasteiger partial charge in [0, 0.05) is 16.9 Å². The first-order valence-electron chi connectivity index (χ1n) is 10.3. The van der Waals surface area contributed by atoms with Crippen LogP contribution in [0.3, 0.4) is 0 Å². The monoisotopic (exact) mass is 372 g/mol. The number of rotatable bonds is 5. The van der Waals surface area contributed by atoms with Crippen LogP contribution in [0.5, 0.6) is 0 Å². The highest BCUT2D eigenvalue weighted by Gasteiger charge is 2.38. The zero-order valence-electron chi connectivity index (χ0n) is 17.0. The molecule has 3 nitrogen and oxygen atoms in total. The van der Waals surface area contributed by atoms with Gasteiger partial charge in [0.05, 0.1) is 5.70 Å². The number of hydrogen-bond donors (Lipinski definition) is 1. The van der Waals surface area contributed by atoms with Crippen molar-refractivity contribution in [2.45, 2.75) is 46.5 Å². The van der Waals surface area contributed by atoms with Crippen LogP contribution in [0.25, 0.3) is 0 Å². The van der Waals surface area contributed by atoms with Gasteiger partial charge in [0.2, 0.25) is 0 Å². The molecule has 4 rings (SSSR count). The van der Waals surface area contributed by atoms with Crippen molar-refractivity contribution in [1.82, 2.24) is 0 Å². The fourth-order valence-electron chi connectivity index (χ4n) is 4.01. The molecule has 1 N–H and O–H groups in total. The van der Waals surface area contributed by atoms with E-state index in [0.717, 1.165) is 54.0 Å². The zero-order valence-corrected chi connectivity index (χ0v) is 17.0. The molecule has 0 radical (unpaired) electrons. The van der Waals surface area contributed by atoms with E-state index in [4.69, 9.17) is 0 Å². The van der Waals surface area contributed by atoms with Crippen LogP contribution in [0.2, 0.25) is 0 Å². The highest BCUT2D eigenvalue weighted by molar-refractivity contribution is 6.15. The number of nitrogens with one attached hydrogen (secondary N) is 1. The van der Waals surface area contributed by atoms with E-state index in [9.17, 15) is 4.79 Å². The van der Waals surface area contributed by atoms with Gasteiger partial charge >= 0.3 is 0 Å². The molecule has 1 aliphatic heterocycles. The average Bonchev–Trinajstić information content (AvgIpc) is 2.99. The Labute approximate surface area is 167 Å². The van der Waals surface area contributed by atoms with Crippen molar-refractivity contribution in [3.05, 3.63) is 82.7 Å². The topological polar surface area (TPSA) is 32.3 Å². The number of nitrogens with zero attached hydrogens (tertiary/aromatic N) is 1. The normalized spacial score (nSPS) is 19.0. The molecule has 2 aliphatic rings. The van der Waals surface area contributed by atoms with E-state index in [1.165, 1.54) is 11.1 Å². The lowest BCUT2D eigenvalue weighted by atomic mass is 9.90. The van der Waals surface area contributed by atoms with Gasteiger partial charge in [-0.2, -0.15) is 0 Å². The number of amides is 1. The number of carbonyl (C=O) groups excluding carboxylic acids is 1. The van der Waals surface area contributed by atoms with Crippen LogP contribution in [0.1, 0.15) is 44.7 Å². The molecule has 3 heteroatoms. The van der Waals surface area contributed by atoms with Crippen molar-refractivity contribution in [3.63, 3.8) is 0 Å². The van der Waals surface area contributed by atoms with Gasteiger partial charge in [0.25, 0.3) is 5.91 Å². The van der Waals surface area contributed by atoms with Crippen LogP contribution in [-0.4, -0.2) is 5.91 Å². The highest BCUT2D eigenvalue weighted by Crippen LogP contribution is 2.41. The second-order valence-corrected chi connectivity index (χ2v) is 7.82. The standard InChI is InChI=1S/C25H28N2O/c1-4-18-7-11-20(12-8-18)26-24-22-16-17(3)6-15-23(22)27(25(24)28)21-13-9-19(5-2)10-14-21/h7-15,17,26H,4-6,16H2,1-3H3/t17-/m1/s1. The molecule has 1 amide bonds. The van der Waals surface area contributed by atoms with E-state index in [-0.39, 0.29) is 5.91 Å². The molecule has 0 aromatic heterocycles. The van der Waals surface area contributed by atoms with E-state index in [1.54, 1.807) is 0 Å². The van der Waals surface area contributed by atoms with Crippen molar-refractivity contribution in [1.29, 1.82) is 0 Å². The average molecular weight is 373 g/mol.